The predicted octanol–water partition coefficient (Wildman–Crippen LogP) is 2.28. The molecule has 0 saturated heterocycles. The molecule has 0 aliphatic heterocycles. The van der Waals surface area contributed by atoms with Gasteiger partial charge in [0.05, 0.1) is 16.4 Å². The summed E-state index contributed by atoms with van der Waals surface area (Å²) >= 11 is 7.90. The molecular formula is C12H9ClF2IN3O5S2. The molecule has 0 amide bonds. The summed E-state index contributed by atoms with van der Waals surface area (Å²) < 4.78 is 75.9. The van der Waals surface area contributed by atoms with Gasteiger partial charge in [-0.1, -0.05) is 16.5 Å². The molecule has 0 bridgehead atoms. The molecule has 2 rings (SSSR count). The normalized spacial score (nSPS) is 12.2. The average Bonchev–Trinajstić information content (AvgIpc) is 2.52. The van der Waals surface area contributed by atoms with E-state index in [1.54, 1.807) is 6.07 Å². The number of nitrogens with one attached hydrogen (secondary N) is 2. The van der Waals surface area contributed by atoms with Gasteiger partial charge in [0.25, 0.3) is 10.0 Å². The molecule has 0 aromatic heterocycles. The van der Waals surface area contributed by atoms with Gasteiger partial charge in [0.1, 0.15) is 9.79 Å². The number of sulfonamides is 2. The highest BCUT2D eigenvalue weighted by Crippen LogP contribution is 2.35. The summed E-state index contributed by atoms with van der Waals surface area (Å²) in [6.07, 6.45) is 0. The molecule has 142 valence electrons. The summed E-state index contributed by atoms with van der Waals surface area (Å²) in [5.74, 6) is -3.74. The SMILES string of the molecule is NS(=O)(=O)c1cc(S(=O)(=O)NO)c(Nc2ccc(I)cc2Cl)c(F)c1F. The van der Waals surface area contributed by atoms with Crippen molar-refractivity contribution >= 4 is 65.6 Å². The largest absolute Gasteiger partial charge is 0.351 e. The van der Waals surface area contributed by atoms with Crippen molar-refractivity contribution in [1.82, 2.24) is 4.89 Å². The van der Waals surface area contributed by atoms with Crippen molar-refractivity contribution in [3.63, 3.8) is 0 Å². The Morgan fingerprint density at radius 1 is 1.08 bits per heavy atom. The van der Waals surface area contributed by atoms with Crippen LogP contribution in [-0.2, 0) is 20.0 Å². The van der Waals surface area contributed by atoms with Crippen LogP contribution in [0.1, 0.15) is 0 Å². The molecule has 0 unspecified atom stereocenters. The molecule has 0 aliphatic carbocycles. The number of primary sulfonamides is 1. The summed E-state index contributed by atoms with van der Waals surface area (Å²) in [6.45, 7) is 0. The highest BCUT2D eigenvalue weighted by molar-refractivity contribution is 14.1. The van der Waals surface area contributed by atoms with Gasteiger partial charge in [0.2, 0.25) is 10.0 Å². The van der Waals surface area contributed by atoms with Crippen LogP contribution in [0.5, 0.6) is 0 Å². The van der Waals surface area contributed by atoms with Gasteiger partial charge in [-0.25, -0.2) is 30.8 Å². The van der Waals surface area contributed by atoms with E-state index < -0.39 is 47.2 Å². The monoisotopic (exact) mass is 539 g/mol. The predicted molar refractivity (Wildman–Crippen MR) is 97.3 cm³/mol. The van der Waals surface area contributed by atoms with E-state index in [1.807, 2.05) is 22.6 Å². The van der Waals surface area contributed by atoms with Crippen molar-refractivity contribution < 1.29 is 30.8 Å². The quantitative estimate of drug-likeness (QED) is 0.340. The molecule has 0 saturated carbocycles. The second kappa shape index (κ2) is 7.49. The minimum atomic E-state index is -4.82. The van der Waals surface area contributed by atoms with Crippen molar-refractivity contribution in [3.05, 3.63) is 44.5 Å². The Morgan fingerprint density at radius 3 is 2.19 bits per heavy atom. The molecule has 0 aliphatic rings. The molecule has 14 heteroatoms. The summed E-state index contributed by atoms with van der Waals surface area (Å²) in [5.41, 5.74) is -0.970. The fourth-order valence-electron chi connectivity index (χ4n) is 1.89. The summed E-state index contributed by atoms with van der Waals surface area (Å²) in [4.78, 5) is -1.59. The van der Waals surface area contributed by atoms with Gasteiger partial charge in [-0.05, 0) is 46.9 Å². The number of hydrogen-bond acceptors (Lipinski definition) is 6. The molecular weight excluding hydrogens is 531 g/mol. The van der Waals surface area contributed by atoms with Crippen LogP contribution in [0, 0.1) is 15.2 Å². The fourth-order valence-corrected chi connectivity index (χ4v) is 4.27. The highest BCUT2D eigenvalue weighted by atomic mass is 127. The van der Waals surface area contributed by atoms with Crippen molar-refractivity contribution in [3.8, 4) is 0 Å². The summed E-state index contributed by atoms with van der Waals surface area (Å²) in [7, 11) is -9.61. The molecule has 5 N–H and O–H groups in total. The van der Waals surface area contributed by atoms with Crippen molar-refractivity contribution in [2.24, 2.45) is 5.14 Å². The first-order chi connectivity index (χ1) is 11.9. The van der Waals surface area contributed by atoms with Gasteiger partial charge >= 0.3 is 0 Å². The molecule has 0 radical (unpaired) electrons. The topological polar surface area (TPSA) is 139 Å². The van der Waals surface area contributed by atoms with E-state index in [9.17, 15) is 25.6 Å². The lowest BCUT2D eigenvalue weighted by atomic mass is 10.2. The number of hydrogen-bond donors (Lipinski definition) is 4. The zero-order valence-corrected chi connectivity index (χ0v) is 16.8. The number of benzene rings is 2. The van der Waals surface area contributed by atoms with E-state index in [0.29, 0.717) is 3.57 Å². The molecule has 26 heavy (non-hydrogen) atoms. The molecule has 0 heterocycles. The zero-order chi connectivity index (χ0) is 19.9. The standard InChI is InChI=1S/C12H9ClF2IN3O5S2/c13-6-3-5(16)1-2-7(6)18-12-9(26(23,24)19-20)4-8(25(17,21)22)10(14)11(12)15/h1-4,18-20H,(H2,17,21,22). The van der Waals surface area contributed by atoms with Gasteiger partial charge in [-0.3, -0.25) is 0 Å². The van der Waals surface area contributed by atoms with E-state index >= 15 is 0 Å². The first-order valence-corrected chi connectivity index (χ1v) is 10.8. The number of anilines is 2. The average molecular weight is 540 g/mol. The van der Waals surface area contributed by atoms with Gasteiger partial charge in [-0.2, -0.15) is 0 Å². The first kappa shape index (κ1) is 21.2. The third-order valence-electron chi connectivity index (χ3n) is 3.04. The van der Waals surface area contributed by atoms with Crippen LogP contribution in [0.25, 0.3) is 0 Å². The number of halogens is 4. The second-order valence-electron chi connectivity index (χ2n) is 4.76. The lowest BCUT2D eigenvalue weighted by Crippen LogP contribution is -2.23. The Hall–Kier alpha value is -1.10. The summed E-state index contributed by atoms with van der Waals surface area (Å²) in [6, 6.07) is 4.63. The van der Waals surface area contributed by atoms with Crippen LogP contribution in [0.15, 0.2) is 34.1 Å². The molecule has 0 atom stereocenters. The lowest BCUT2D eigenvalue weighted by molar-refractivity contribution is 0.242. The minimum Gasteiger partial charge on any atom is -0.351 e. The van der Waals surface area contributed by atoms with E-state index in [2.05, 4.69) is 5.32 Å². The van der Waals surface area contributed by atoms with Crippen molar-refractivity contribution in [1.29, 1.82) is 0 Å². The van der Waals surface area contributed by atoms with E-state index in [0.717, 1.165) is 4.89 Å². The fraction of sp³-hybridized carbons (Fsp3) is 0. The maximum absolute atomic E-state index is 14.4. The van der Waals surface area contributed by atoms with Gasteiger partial charge < -0.3 is 10.5 Å². The maximum Gasteiger partial charge on any atom is 0.264 e. The maximum atomic E-state index is 14.4. The van der Waals surface area contributed by atoms with Crippen LogP contribution in [0.2, 0.25) is 5.02 Å². The third-order valence-corrected chi connectivity index (χ3v) is 6.08. The summed E-state index contributed by atoms with van der Waals surface area (Å²) in [5, 5.41) is 15.9. The van der Waals surface area contributed by atoms with Crippen LogP contribution >= 0.6 is 34.2 Å². The van der Waals surface area contributed by atoms with Crippen LogP contribution in [0.3, 0.4) is 0 Å². The van der Waals surface area contributed by atoms with Crippen molar-refractivity contribution in [2.45, 2.75) is 9.79 Å². The zero-order valence-electron chi connectivity index (χ0n) is 12.3. The van der Waals surface area contributed by atoms with Gasteiger partial charge in [-0.15, -0.1) is 0 Å². The van der Waals surface area contributed by atoms with Crippen LogP contribution in [0.4, 0.5) is 20.2 Å². The van der Waals surface area contributed by atoms with Gasteiger partial charge in [0, 0.05) is 3.57 Å². The lowest BCUT2D eigenvalue weighted by Gasteiger charge is -2.16. The second-order valence-corrected chi connectivity index (χ2v) is 9.58. The van der Waals surface area contributed by atoms with E-state index in [-0.39, 0.29) is 16.8 Å². The molecule has 2 aromatic carbocycles. The number of rotatable bonds is 5. The Morgan fingerprint density at radius 2 is 1.69 bits per heavy atom. The minimum absolute atomic E-state index is 0.00290. The van der Waals surface area contributed by atoms with Crippen LogP contribution in [-0.4, -0.2) is 22.0 Å². The first-order valence-electron chi connectivity index (χ1n) is 6.31. The molecule has 8 nitrogen and oxygen atoms in total. The van der Waals surface area contributed by atoms with E-state index in [1.165, 1.54) is 12.1 Å². The van der Waals surface area contributed by atoms with Crippen molar-refractivity contribution in [2.75, 3.05) is 5.32 Å². The molecule has 2 aromatic rings. The van der Waals surface area contributed by atoms with Crippen LogP contribution < -0.4 is 15.3 Å². The number of nitrogens with two attached hydrogens (primary N) is 1. The Labute approximate surface area is 165 Å². The Balaban J connectivity index is 2.81. The smallest absolute Gasteiger partial charge is 0.264 e. The Kier molecular flexibility index (Phi) is 6.11. The third kappa shape index (κ3) is 4.24. The Bertz CT molecular complexity index is 1100. The van der Waals surface area contributed by atoms with E-state index in [4.69, 9.17) is 21.9 Å². The molecule has 0 fully saturated rings. The van der Waals surface area contributed by atoms with Gasteiger partial charge in [0.15, 0.2) is 11.6 Å². The highest BCUT2D eigenvalue weighted by Gasteiger charge is 2.30. The molecule has 0 spiro atoms.